The summed E-state index contributed by atoms with van der Waals surface area (Å²) in [6, 6.07) is 69.3. The van der Waals surface area contributed by atoms with Crippen LogP contribution in [0, 0.1) is 0 Å². The molecule has 6 heteroatoms. The highest BCUT2D eigenvalue weighted by Gasteiger charge is 2.44. The molecule has 0 amide bonds. The van der Waals surface area contributed by atoms with Gasteiger partial charge in [0, 0.05) is 22.7 Å². The number of hydrogen-bond acceptors (Lipinski definition) is 4. The molecule has 9 rings (SSSR count). The molecule has 0 atom stereocenters. The molecule has 7 aromatic rings. The number of hydrogen-bond donors (Lipinski definition) is 0. The molecule has 0 N–H and O–H groups in total. The van der Waals surface area contributed by atoms with Crippen molar-refractivity contribution in [3.63, 3.8) is 0 Å². The third-order valence-corrected chi connectivity index (χ3v) is 10.4. The van der Waals surface area contributed by atoms with Gasteiger partial charge in [-0.05, 0) is 94.9 Å². The summed E-state index contributed by atoms with van der Waals surface area (Å²) in [5, 5.41) is 0. The Morgan fingerprint density at radius 2 is 0.593 bits per heavy atom. The van der Waals surface area contributed by atoms with Gasteiger partial charge in [-0.2, -0.15) is 0 Å². The summed E-state index contributed by atoms with van der Waals surface area (Å²) in [5.41, 5.74) is 13.6. The van der Waals surface area contributed by atoms with Crippen molar-refractivity contribution in [2.75, 3.05) is 19.2 Å². The lowest BCUT2D eigenvalue weighted by molar-refractivity contribution is 1.30. The Balaban J connectivity index is 1.09. The first kappa shape index (κ1) is 33.0. The fourth-order valence-electron chi connectivity index (χ4n) is 8.05. The first-order chi connectivity index (χ1) is 26.7. The molecule has 0 radical (unpaired) electrons. The van der Waals surface area contributed by atoms with Crippen molar-refractivity contribution in [2.24, 2.45) is 0 Å². The van der Waals surface area contributed by atoms with E-state index in [4.69, 9.17) is 0 Å². The molecule has 0 unspecified atom stereocenters. The summed E-state index contributed by atoms with van der Waals surface area (Å²) in [7, 11) is 0. The highest BCUT2D eigenvalue weighted by Crippen LogP contribution is 2.46. The third kappa shape index (κ3) is 5.69. The van der Waals surface area contributed by atoms with Gasteiger partial charge < -0.3 is 19.2 Å². The topological polar surface area (TPSA) is 13.0 Å². The SMILES string of the molecule is C=CC1=C(C=C)N(c2ccccc2)B(c2ccc(-c3ccc(B4N(c5ccccc5)c5ccccc5N4c4ccccc4)cc3)cc2)N1c1ccccc1. The molecule has 0 fully saturated rings. The number of nitrogens with zero attached hydrogens (tertiary/aromatic N) is 4. The maximum Gasteiger partial charge on any atom is 0.420 e. The predicted octanol–water partition coefficient (Wildman–Crippen LogP) is 10.3. The zero-order valence-corrected chi connectivity index (χ0v) is 30.0. The van der Waals surface area contributed by atoms with Gasteiger partial charge in [0.1, 0.15) is 0 Å². The normalized spacial score (nSPS) is 13.8. The average molecular weight is 692 g/mol. The van der Waals surface area contributed by atoms with Crippen LogP contribution < -0.4 is 30.2 Å². The monoisotopic (exact) mass is 692 g/mol. The van der Waals surface area contributed by atoms with Gasteiger partial charge in [-0.25, -0.2) is 0 Å². The Bertz CT molecular complexity index is 2310. The van der Waals surface area contributed by atoms with E-state index in [0.717, 1.165) is 39.7 Å². The summed E-state index contributed by atoms with van der Waals surface area (Å²) >= 11 is 0. The molecule has 2 heterocycles. The third-order valence-electron chi connectivity index (χ3n) is 10.4. The van der Waals surface area contributed by atoms with Gasteiger partial charge in [0.25, 0.3) is 0 Å². The molecule has 7 aromatic carbocycles. The molecule has 0 aromatic heterocycles. The molecule has 0 aliphatic carbocycles. The molecule has 0 bridgehead atoms. The summed E-state index contributed by atoms with van der Waals surface area (Å²) in [6.45, 7) is 8.28. The molecule has 2 aliphatic heterocycles. The highest BCUT2D eigenvalue weighted by molar-refractivity contribution is 6.84. The van der Waals surface area contributed by atoms with E-state index in [0.29, 0.717) is 0 Å². The largest absolute Gasteiger partial charge is 0.420 e. The molecule has 0 spiro atoms. The standard InChI is InChI=1S/C48H38B2N4/c1-3-45-46(4-2)52(42-21-11-6-12-22-42)49(51(45)41-19-9-5-10-20-41)39-33-29-37(30-34-39)38-31-35-40(36-32-38)50-53(43-23-13-7-14-24-43)47-27-17-18-28-48(47)54(50)44-25-15-8-16-26-44/h3-36H,1-2H2. The van der Waals surface area contributed by atoms with Crippen LogP contribution in [0.15, 0.2) is 231 Å². The van der Waals surface area contributed by atoms with Crippen LogP contribution >= 0.6 is 0 Å². The zero-order chi connectivity index (χ0) is 36.4. The molecule has 0 saturated heterocycles. The first-order valence-electron chi connectivity index (χ1n) is 18.4. The Morgan fingerprint density at radius 1 is 0.315 bits per heavy atom. The van der Waals surface area contributed by atoms with E-state index in [-0.39, 0.29) is 14.0 Å². The predicted molar refractivity (Wildman–Crippen MR) is 232 cm³/mol. The Kier molecular flexibility index (Phi) is 8.70. The number of anilines is 6. The van der Waals surface area contributed by atoms with Crippen LogP contribution in [0.3, 0.4) is 0 Å². The minimum absolute atomic E-state index is 0.0652. The summed E-state index contributed by atoms with van der Waals surface area (Å²) in [4.78, 5) is 9.62. The van der Waals surface area contributed by atoms with Crippen molar-refractivity contribution in [2.45, 2.75) is 0 Å². The minimum Gasteiger partial charge on any atom is -0.360 e. The average Bonchev–Trinajstić information content (AvgIpc) is 3.78. The maximum atomic E-state index is 4.24. The van der Waals surface area contributed by atoms with Crippen molar-refractivity contribution < 1.29 is 0 Å². The van der Waals surface area contributed by atoms with E-state index in [1.165, 1.54) is 27.9 Å². The van der Waals surface area contributed by atoms with Crippen molar-refractivity contribution >= 4 is 59.0 Å². The van der Waals surface area contributed by atoms with E-state index in [2.05, 4.69) is 227 Å². The fourth-order valence-corrected chi connectivity index (χ4v) is 8.05. The van der Waals surface area contributed by atoms with Crippen LogP contribution in [0.2, 0.25) is 0 Å². The lowest BCUT2D eigenvalue weighted by Crippen LogP contribution is -2.54. The lowest BCUT2D eigenvalue weighted by Gasteiger charge is -2.32. The van der Waals surface area contributed by atoms with E-state index >= 15 is 0 Å². The van der Waals surface area contributed by atoms with E-state index in [1.54, 1.807) is 0 Å². The van der Waals surface area contributed by atoms with Crippen molar-refractivity contribution in [1.82, 2.24) is 0 Å². The van der Waals surface area contributed by atoms with Crippen molar-refractivity contribution in [3.05, 3.63) is 231 Å². The molecule has 4 nitrogen and oxygen atoms in total. The molecule has 0 saturated carbocycles. The van der Waals surface area contributed by atoms with Crippen molar-refractivity contribution in [1.29, 1.82) is 0 Å². The van der Waals surface area contributed by atoms with Crippen LogP contribution in [-0.4, -0.2) is 14.0 Å². The molecule has 2 aliphatic rings. The quantitative estimate of drug-likeness (QED) is 0.140. The van der Waals surface area contributed by atoms with E-state index in [9.17, 15) is 0 Å². The molecular formula is C48H38B2N4. The second kappa shape index (κ2) is 14.3. The Hall–Kier alpha value is -6.91. The number of rotatable bonds is 9. The van der Waals surface area contributed by atoms with Crippen LogP contribution in [0.1, 0.15) is 0 Å². The van der Waals surface area contributed by atoms with Gasteiger partial charge in [-0.1, -0.05) is 147 Å². The Morgan fingerprint density at radius 3 is 0.907 bits per heavy atom. The zero-order valence-electron chi connectivity index (χ0n) is 30.0. The first-order valence-corrected chi connectivity index (χ1v) is 18.4. The second-order valence-electron chi connectivity index (χ2n) is 13.5. The number of para-hydroxylation sites is 6. The van der Waals surface area contributed by atoms with Gasteiger partial charge in [0.2, 0.25) is 0 Å². The summed E-state index contributed by atoms with van der Waals surface area (Å²) in [5.74, 6) is 0. The number of benzene rings is 7. The van der Waals surface area contributed by atoms with Gasteiger partial charge in [0.15, 0.2) is 0 Å². The van der Waals surface area contributed by atoms with E-state index in [1.807, 2.05) is 12.2 Å². The molecule has 256 valence electrons. The van der Waals surface area contributed by atoms with E-state index < -0.39 is 0 Å². The van der Waals surface area contributed by atoms with Gasteiger partial charge >= 0.3 is 14.0 Å². The van der Waals surface area contributed by atoms with Crippen LogP contribution in [0.25, 0.3) is 11.1 Å². The maximum absolute atomic E-state index is 4.24. The van der Waals surface area contributed by atoms with Gasteiger partial charge in [0.05, 0.1) is 22.8 Å². The highest BCUT2D eigenvalue weighted by atomic mass is 15.3. The molecular weight excluding hydrogens is 654 g/mol. The van der Waals surface area contributed by atoms with Crippen LogP contribution in [0.4, 0.5) is 34.1 Å². The summed E-state index contributed by atoms with van der Waals surface area (Å²) in [6.07, 6.45) is 3.88. The summed E-state index contributed by atoms with van der Waals surface area (Å²) < 4.78 is 0. The smallest absolute Gasteiger partial charge is 0.360 e. The van der Waals surface area contributed by atoms with Gasteiger partial charge in [-0.15, -0.1) is 0 Å². The van der Waals surface area contributed by atoms with Gasteiger partial charge in [-0.3, -0.25) is 0 Å². The Labute approximate surface area is 319 Å². The van der Waals surface area contributed by atoms with Crippen LogP contribution in [-0.2, 0) is 0 Å². The number of allylic oxidation sites excluding steroid dienone is 2. The van der Waals surface area contributed by atoms with Crippen LogP contribution in [0.5, 0.6) is 0 Å². The lowest BCUT2D eigenvalue weighted by atomic mass is 9.63. The molecule has 54 heavy (non-hydrogen) atoms. The van der Waals surface area contributed by atoms with Crippen molar-refractivity contribution in [3.8, 4) is 11.1 Å². The number of fused-ring (bicyclic) bond motifs is 1. The fraction of sp³-hybridized carbons (Fsp3) is 0. The minimum atomic E-state index is -0.135. The second-order valence-corrected chi connectivity index (χ2v) is 13.5.